The highest BCUT2D eigenvalue weighted by molar-refractivity contribution is 5.93. The molecule has 0 unspecified atom stereocenters. The normalized spacial score (nSPS) is 11.0. The Kier molecular flexibility index (Phi) is 6.90. The monoisotopic (exact) mass is 508 g/mol. The summed E-state index contributed by atoms with van der Waals surface area (Å²) in [6.45, 7) is 2.05. The van der Waals surface area contributed by atoms with Crippen molar-refractivity contribution >= 4 is 28.6 Å². The number of ether oxygens (including phenoxy) is 1. The molecule has 0 aliphatic carbocycles. The third kappa shape index (κ3) is 4.73. The van der Waals surface area contributed by atoms with Gasteiger partial charge in [-0.05, 0) is 61.0 Å². The zero-order valence-electron chi connectivity index (χ0n) is 21.2. The molecular formula is C29H28N6O3. The summed E-state index contributed by atoms with van der Waals surface area (Å²) in [5.74, 6) is 1.54. The van der Waals surface area contributed by atoms with Gasteiger partial charge in [-0.25, -0.2) is 19.3 Å². The maximum Gasteiger partial charge on any atom is 0.339 e. The molecule has 192 valence electrons. The fourth-order valence-corrected chi connectivity index (χ4v) is 4.29. The lowest BCUT2D eigenvalue weighted by atomic mass is 10.2. The third-order valence-corrected chi connectivity index (χ3v) is 6.32. The molecule has 9 heteroatoms. The van der Waals surface area contributed by atoms with Crippen LogP contribution in [0.3, 0.4) is 0 Å². The van der Waals surface area contributed by atoms with Gasteiger partial charge in [-0.3, -0.25) is 9.36 Å². The molecule has 0 aliphatic heterocycles. The molecule has 9 nitrogen and oxygen atoms in total. The van der Waals surface area contributed by atoms with Crippen LogP contribution in [0.5, 0.6) is 11.5 Å². The quantitative estimate of drug-likeness (QED) is 0.312. The number of para-hydroxylation sites is 1. The molecule has 5 aromatic rings. The number of fused-ring (bicyclic) bond motifs is 1. The summed E-state index contributed by atoms with van der Waals surface area (Å²) in [5.41, 5.74) is 8.48. The summed E-state index contributed by atoms with van der Waals surface area (Å²) >= 11 is 0. The molecule has 0 aliphatic rings. The SMILES string of the molecule is CCCCC(=O)N(C)c1cccc(-n2c(=O)n(-c3ccc(Oc4ccccc4)cc3)c3c(N)ncnc32)c1. The van der Waals surface area contributed by atoms with E-state index in [0.29, 0.717) is 46.1 Å². The summed E-state index contributed by atoms with van der Waals surface area (Å²) < 4.78 is 8.86. The molecule has 1 amide bonds. The van der Waals surface area contributed by atoms with Crippen LogP contribution >= 0.6 is 0 Å². The minimum atomic E-state index is -0.360. The standard InChI is InChI=1S/C29H28N6O3/c1-3-4-13-25(36)33(2)21-9-8-10-22(18-21)35-28-26(27(30)31-19-32-28)34(29(35)37)20-14-16-24(17-15-20)38-23-11-6-5-7-12-23/h5-12,14-19H,3-4,13H2,1-2H3,(H2,30,31,32). The summed E-state index contributed by atoms with van der Waals surface area (Å²) in [7, 11) is 1.74. The van der Waals surface area contributed by atoms with Gasteiger partial charge >= 0.3 is 5.69 Å². The van der Waals surface area contributed by atoms with E-state index in [9.17, 15) is 9.59 Å². The van der Waals surface area contributed by atoms with E-state index in [1.807, 2.05) is 49.4 Å². The Morgan fingerprint density at radius 2 is 1.66 bits per heavy atom. The lowest BCUT2D eigenvalue weighted by Crippen LogP contribution is -2.26. The van der Waals surface area contributed by atoms with E-state index in [2.05, 4.69) is 9.97 Å². The number of hydrogen-bond acceptors (Lipinski definition) is 6. The molecule has 5 rings (SSSR count). The van der Waals surface area contributed by atoms with Crippen LogP contribution in [0.4, 0.5) is 11.5 Å². The van der Waals surface area contributed by atoms with Crippen LogP contribution in [-0.2, 0) is 4.79 Å². The number of amides is 1. The second-order valence-electron chi connectivity index (χ2n) is 8.87. The van der Waals surface area contributed by atoms with Gasteiger partial charge < -0.3 is 15.4 Å². The summed E-state index contributed by atoms with van der Waals surface area (Å²) in [6.07, 6.45) is 3.55. The first-order valence-corrected chi connectivity index (χ1v) is 12.4. The van der Waals surface area contributed by atoms with E-state index in [1.165, 1.54) is 15.5 Å². The van der Waals surface area contributed by atoms with Gasteiger partial charge in [-0.15, -0.1) is 0 Å². The average Bonchev–Trinajstić information content (AvgIpc) is 3.25. The molecule has 0 bridgehead atoms. The first-order chi connectivity index (χ1) is 18.5. The largest absolute Gasteiger partial charge is 0.457 e. The zero-order chi connectivity index (χ0) is 26.6. The maximum absolute atomic E-state index is 13.9. The Morgan fingerprint density at radius 3 is 2.39 bits per heavy atom. The van der Waals surface area contributed by atoms with Gasteiger partial charge in [0.05, 0.1) is 11.4 Å². The van der Waals surface area contributed by atoms with Crippen LogP contribution in [-0.4, -0.2) is 32.1 Å². The number of carbonyl (C=O) groups is 1. The van der Waals surface area contributed by atoms with Crippen LogP contribution in [0.15, 0.2) is 90.0 Å². The van der Waals surface area contributed by atoms with E-state index in [1.54, 1.807) is 48.3 Å². The lowest BCUT2D eigenvalue weighted by Gasteiger charge is -2.18. The van der Waals surface area contributed by atoms with Crippen LogP contribution in [0, 0.1) is 0 Å². The molecule has 2 N–H and O–H groups in total. The zero-order valence-corrected chi connectivity index (χ0v) is 21.2. The lowest BCUT2D eigenvalue weighted by molar-refractivity contribution is -0.118. The predicted octanol–water partition coefficient (Wildman–Crippen LogP) is 5.10. The Morgan fingerprint density at radius 1 is 0.921 bits per heavy atom. The highest BCUT2D eigenvalue weighted by atomic mass is 16.5. The van der Waals surface area contributed by atoms with Crippen molar-refractivity contribution in [3.63, 3.8) is 0 Å². The molecule has 0 saturated carbocycles. The van der Waals surface area contributed by atoms with Gasteiger partial charge in [0.25, 0.3) is 0 Å². The van der Waals surface area contributed by atoms with E-state index in [0.717, 1.165) is 12.8 Å². The van der Waals surface area contributed by atoms with Crippen LogP contribution < -0.4 is 21.1 Å². The predicted molar refractivity (Wildman–Crippen MR) is 148 cm³/mol. The van der Waals surface area contributed by atoms with Crippen molar-refractivity contribution in [1.82, 2.24) is 19.1 Å². The van der Waals surface area contributed by atoms with E-state index < -0.39 is 0 Å². The Labute approximate surface area is 219 Å². The molecular weight excluding hydrogens is 480 g/mol. The molecule has 2 aromatic heterocycles. The number of imidazole rings is 1. The molecule has 0 fully saturated rings. The van der Waals surface area contributed by atoms with Crippen molar-refractivity contribution in [1.29, 1.82) is 0 Å². The number of rotatable bonds is 8. The number of nitrogens with two attached hydrogens (primary N) is 1. The summed E-state index contributed by atoms with van der Waals surface area (Å²) in [5, 5.41) is 0. The average molecular weight is 509 g/mol. The van der Waals surface area contributed by atoms with Gasteiger partial charge in [0.2, 0.25) is 5.91 Å². The van der Waals surface area contributed by atoms with Gasteiger partial charge in [0.1, 0.15) is 23.3 Å². The van der Waals surface area contributed by atoms with Gasteiger partial charge in [-0.1, -0.05) is 37.6 Å². The fourth-order valence-electron chi connectivity index (χ4n) is 4.29. The Hall–Kier alpha value is -4.92. The summed E-state index contributed by atoms with van der Waals surface area (Å²) in [4.78, 5) is 36.6. The molecule has 3 aromatic carbocycles. The number of hydrogen-bond donors (Lipinski definition) is 1. The maximum atomic E-state index is 13.9. The minimum Gasteiger partial charge on any atom is -0.457 e. The van der Waals surface area contributed by atoms with Crippen molar-refractivity contribution in [3.8, 4) is 22.9 Å². The minimum absolute atomic E-state index is 0.0168. The number of unbranched alkanes of at least 4 members (excludes halogenated alkanes) is 1. The van der Waals surface area contributed by atoms with E-state index in [-0.39, 0.29) is 17.4 Å². The van der Waals surface area contributed by atoms with Gasteiger partial charge in [0, 0.05) is 19.2 Å². The van der Waals surface area contributed by atoms with Crippen LogP contribution in [0.25, 0.3) is 22.5 Å². The second-order valence-corrected chi connectivity index (χ2v) is 8.87. The highest BCUT2D eigenvalue weighted by Gasteiger charge is 2.21. The smallest absolute Gasteiger partial charge is 0.339 e. The molecule has 0 atom stereocenters. The van der Waals surface area contributed by atoms with Crippen LogP contribution in [0.2, 0.25) is 0 Å². The highest BCUT2D eigenvalue weighted by Crippen LogP contribution is 2.27. The van der Waals surface area contributed by atoms with Gasteiger partial charge in [-0.2, -0.15) is 0 Å². The van der Waals surface area contributed by atoms with Gasteiger partial charge in [0.15, 0.2) is 11.5 Å². The number of nitrogen functional groups attached to an aromatic ring is 1. The number of carbonyl (C=O) groups excluding carboxylic acids is 1. The Bertz CT molecular complexity index is 1640. The number of aromatic nitrogens is 4. The molecule has 0 radical (unpaired) electrons. The van der Waals surface area contributed by atoms with Crippen molar-refractivity contribution in [3.05, 3.63) is 95.7 Å². The molecule has 0 spiro atoms. The molecule has 2 heterocycles. The van der Waals surface area contributed by atoms with E-state index in [4.69, 9.17) is 10.5 Å². The summed E-state index contributed by atoms with van der Waals surface area (Å²) in [6, 6.07) is 23.8. The van der Waals surface area contributed by atoms with Crippen molar-refractivity contribution in [2.75, 3.05) is 17.7 Å². The first-order valence-electron chi connectivity index (χ1n) is 12.4. The number of anilines is 2. The molecule has 38 heavy (non-hydrogen) atoms. The topological polar surface area (TPSA) is 108 Å². The van der Waals surface area contributed by atoms with Crippen LogP contribution in [0.1, 0.15) is 26.2 Å². The van der Waals surface area contributed by atoms with E-state index >= 15 is 0 Å². The second kappa shape index (κ2) is 10.6. The third-order valence-electron chi connectivity index (χ3n) is 6.32. The number of benzene rings is 3. The first kappa shape index (κ1) is 24.8. The van der Waals surface area contributed by atoms with Crippen molar-refractivity contribution < 1.29 is 9.53 Å². The Balaban J connectivity index is 1.57. The fraction of sp³-hybridized carbons (Fsp3) is 0.172. The molecule has 0 saturated heterocycles. The van der Waals surface area contributed by atoms with Crippen molar-refractivity contribution in [2.24, 2.45) is 0 Å². The van der Waals surface area contributed by atoms with Crippen molar-refractivity contribution in [2.45, 2.75) is 26.2 Å². The number of nitrogens with zero attached hydrogens (tertiary/aromatic N) is 5.